The molecule has 0 aromatic carbocycles. The topological polar surface area (TPSA) is 21.9 Å². The van der Waals surface area contributed by atoms with Gasteiger partial charge in [0, 0.05) is 6.54 Å². The van der Waals surface area contributed by atoms with Gasteiger partial charge in [0.1, 0.15) is 7.28 Å². The minimum absolute atomic E-state index is 0.884. The van der Waals surface area contributed by atoms with Crippen molar-refractivity contribution in [3.05, 3.63) is 0 Å². The monoisotopic (exact) mass is 69.1 g/mol. The lowest BCUT2D eigenvalue weighted by Gasteiger charge is -1.67. The number of rotatable bonds is 1. The molecular formula is C3H8BN. The van der Waals surface area contributed by atoms with E-state index in [-0.39, 0.29) is 0 Å². The first-order valence-corrected chi connectivity index (χ1v) is 2.17. The molecule has 0 saturated carbocycles. The molecule has 5 heavy (non-hydrogen) atoms. The normalized spacial score (nSPS) is 33.4. The number of nitrogens with one attached hydrogen (secondary N) is 1. The van der Waals surface area contributed by atoms with Crippen molar-refractivity contribution in [2.24, 2.45) is 0 Å². The fourth-order valence-corrected chi connectivity index (χ4v) is 0.372. The Morgan fingerprint density at radius 2 is 2.60 bits per heavy atom. The lowest BCUT2D eigenvalue weighted by Crippen LogP contribution is -1.95. The summed E-state index contributed by atoms with van der Waals surface area (Å²) in [5.74, 6) is 0.884. The molecule has 1 nitrogen and oxygen atoms in total. The van der Waals surface area contributed by atoms with E-state index >= 15 is 0 Å². The third-order valence-corrected chi connectivity index (χ3v) is 0.986. The Bertz CT molecular complexity index is 33.9. The van der Waals surface area contributed by atoms with E-state index in [4.69, 9.17) is 0 Å². The minimum atomic E-state index is 0.884. The van der Waals surface area contributed by atoms with Crippen molar-refractivity contribution in [3.8, 4) is 0 Å². The first-order valence-electron chi connectivity index (χ1n) is 2.17. The molecule has 0 amide bonds. The minimum Gasteiger partial charge on any atom is -0.319 e. The third-order valence-electron chi connectivity index (χ3n) is 0.986. The van der Waals surface area contributed by atoms with Crippen LogP contribution in [0.5, 0.6) is 0 Å². The molecule has 0 aliphatic carbocycles. The molecule has 1 heterocycles. The average molecular weight is 68.9 g/mol. The van der Waals surface area contributed by atoms with E-state index in [1.54, 1.807) is 0 Å². The van der Waals surface area contributed by atoms with Crippen molar-refractivity contribution in [1.82, 2.24) is 5.32 Å². The molecule has 0 radical (unpaired) electrons. The van der Waals surface area contributed by atoms with E-state index in [1.165, 1.54) is 13.8 Å². The first-order chi connectivity index (χ1) is 2.43. The molecule has 0 unspecified atom stereocenters. The van der Waals surface area contributed by atoms with Crippen LogP contribution < -0.4 is 5.32 Å². The number of hydrogen-bond donors (Lipinski definition) is 1. The summed E-state index contributed by atoms with van der Waals surface area (Å²) >= 11 is 0. The molecular weight excluding hydrogens is 60.9 g/mol. The first kappa shape index (κ1) is 3.22. The maximum Gasteiger partial charge on any atom is 0.140 e. The van der Waals surface area contributed by atoms with Crippen LogP contribution in [0, 0.1) is 0 Å². The van der Waals surface area contributed by atoms with E-state index < -0.39 is 0 Å². The second kappa shape index (κ2) is 1.01. The summed E-state index contributed by atoms with van der Waals surface area (Å²) in [7, 11) is 1.31. The highest BCUT2D eigenvalue weighted by Gasteiger charge is 2.16. The Morgan fingerprint density at radius 3 is 2.60 bits per heavy atom. The van der Waals surface area contributed by atoms with Gasteiger partial charge in [-0.3, -0.25) is 0 Å². The van der Waals surface area contributed by atoms with Crippen LogP contribution in [-0.2, 0) is 0 Å². The lowest BCUT2D eigenvalue weighted by molar-refractivity contribution is 1.29. The predicted molar refractivity (Wildman–Crippen MR) is 24.8 cm³/mol. The molecule has 0 aromatic rings. The van der Waals surface area contributed by atoms with Gasteiger partial charge in [-0.1, -0.05) is 6.82 Å². The van der Waals surface area contributed by atoms with Gasteiger partial charge in [-0.05, 0) is 5.94 Å². The van der Waals surface area contributed by atoms with E-state index in [0.29, 0.717) is 0 Å². The molecule has 1 atom stereocenters. The molecule has 28 valence electrons. The van der Waals surface area contributed by atoms with Crippen LogP contribution in [0.15, 0.2) is 0 Å². The van der Waals surface area contributed by atoms with Crippen molar-refractivity contribution >= 4 is 7.28 Å². The Hall–Kier alpha value is 0.0249. The van der Waals surface area contributed by atoms with Gasteiger partial charge in [0.05, 0.1) is 0 Å². The van der Waals surface area contributed by atoms with Crippen molar-refractivity contribution < 1.29 is 0 Å². The summed E-state index contributed by atoms with van der Waals surface area (Å²) in [5.41, 5.74) is 0. The average Bonchev–Trinajstić information content (AvgIpc) is 2.12. The molecule has 0 aromatic heterocycles. The van der Waals surface area contributed by atoms with Crippen molar-refractivity contribution in [2.75, 3.05) is 6.54 Å². The van der Waals surface area contributed by atoms with Gasteiger partial charge >= 0.3 is 0 Å². The highest BCUT2D eigenvalue weighted by molar-refractivity contribution is 6.37. The second-order valence-electron chi connectivity index (χ2n) is 1.51. The van der Waals surface area contributed by atoms with E-state index in [1.807, 2.05) is 0 Å². The van der Waals surface area contributed by atoms with Crippen molar-refractivity contribution in [2.45, 2.75) is 12.8 Å². The molecule has 0 bridgehead atoms. The van der Waals surface area contributed by atoms with Gasteiger partial charge in [-0.2, -0.15) is 0 Å². The summed E-state index contributed by atoms with van der Waals surface area (Å²) in [5, 5.41) is 3.18. The zero-order valence-electron chi connectivity index (χ0n) is 3.49. The summed E-state index contributed by atoms with van der Waals surface area (Å²) < 4.78 is 0. The molecule has 0 spiro atoms. The molecule has 1 fully saturated rings. The molecule has 1 rings (SSSR count). The fourth-order valence-electron chi connectivity index (χ4n) is 0.372. The zero-order chi connectivity index (χ0) is 3.70. The molecule has 1 N–H and O–H groups in total. The van der Waals surface area contributed by atoms with Gasteiger partial charge in [0.2, 0.25) is 0 Å². The highest BCUT2D eigenvalue weighted by atomic mass is 15.1. The largest absolute Gasteiger partial charge is 0.319 e. The number of hydrogen-bond acceptors (Lipinski definition) is 1. The van der Waals surface area contributed by atoms with Crippen molar-refractivity contribution in [3.63, 3.8) is 0 Å². The molecule has 1 saturated heterocycles. The van der Waals surface area contributed by atoms with Gasteiger partial charge in [-0.25, -0.2) is 0 Å². The lowest BCUT2D eigenvalue weighted by atomic mass is 9.78. The van der Waals surface area contributed by atoms with E-state index in [2.05, 4.69) is 12.1 Å². The summed E-state index contributed by atoms with van der Waals surface area (Å²) in [6.45, 7) is 3.46. The molecule has 1 aliphatic heterocycles. The van der Waals surface area contributed by atoms with Crippen molar-refractivity contribution in [1.29, 1.82) is 0 Å². The Balaban J connectivity index is 2.00. The van der Waals surface area contributed by atoms with Crippen LogP contribution >= 0.6 is 0 Å². The zero-order valence-corrected chi connectivity index (χ0v) is 3.49. The second-order valence-corrected chi connectivity index (χ2v) is 1.51. The molecule has 1 aliphatic rings. The van der Waals surface area contributed by atoms with Crippen LogP contribution in [0.3, 0.4) is 0 Å². The molecule has 2 heteroatoms. The van der Waals surface area contributed by atoms with Crippen LogP contribution in [-0.4, -0.2) is 19.8 Å². The van der Waals surface area contributed by atoms with Gasteiger partial charge in [0.25, 0.3) is 0 Å². The third kappa shape index (κ3) is 0.654. The van der Waals surface area contributed by atoms with Crippen LogP contribution in [0.25, 0.3) is 0 Å². The standard InChI is InChI=1S/C3H8BN/c1-4-3-2-5-3/h3-5H,2H2,1H3/t3-/m1/s1. The maximum absolute atomic E-state index is 3.18. The van der Waals surface area contributed by atoms with E-state index in [9.17, 15) is 0 Å². The Morgan fingerprint density at radius 1 is 2.00 bits per heavy atom. The maximum atomic E-state index is 3.18. The fraction of sp³-hybridized carbons (Fsp3) is 1.00. The van der Waals surface area contributed by atoms with Crippen LogP contribution in [0.2, 0.25) is 6.82 Å². The summed E-state index contributed by atoms with van der Waals surface area (Å²) in [6.07, 6.45) is 0. The summed E-state index contributed by atoms with van der Waals surface area (Å²) in [6, 6.07) is 0. The summed E-state index contributed by atoms with van der Waals surface area (Å²) in [4.78, 5) is 0. The predicted octanol–water partition coefficient (Wildman–Crippen LogP) is -0.600. The SMILES string of the molecule is CB[C@H]1CN1. The highest BCUT2D eigenvalue weighted by Crippen LogP contribution is 1.89. The Kier molecular flexibility index (Phi) is 0.654. The Labute approximate surface area is 33.0 Å². The van der Waals surface area contributed by atoms with Gasteiger partial charge < -0.3 is 5.32 Å². The van der Waals surface area contributed by atoms with Gasteiger partial charge in [-0.15, -0.1) is 0 Å². The van der Waals surface area contributed by atoms with Crippen LogP contribution in [0.1, 0.15) is 0 Å². The van der Waals surface area contributed by atoms with E-state index in [0.717, 1.165) is 5.94 Å². The van der Waals surface area contributed by atoms with Gasteiger partial charge in [0.15, 0.2) is 0 Å². The smallest absolute Gasteiger partial charge is 0.140 e. The van der Waals surface area contributed by atoms with Crippen LogP contribution in [0.4, 0.5) is 0 Å². The quantitative estimate of drug-likeness (QED) is 0.322.